The summed E-state index contributed by atoms with van der Waals surface area (Å²) in [5.74, 6) is 1.69. The highest BCUT2D eigenvalue weighted by atomic mass is 16.3. The number of benzene rings is 9. The van der Waals surface area contributed by atoms with E-state index in [1.165, 1.54) is 16.3 Å². The number of para-hydroxylation sites is 4. The molecule has 6 heteroatoms. The van der Waals surface area contributed by atoms with Crippen LogP contribution < -0.4 is 0 Å². The van der Waals surface area contributed by atoms with Gasteiger partial charge in [-0.15, -0.1) is 0 Å². The van der Waals surface area contributed by atoms with Crippen molar-refractivity contribution in [1.29, 1.82) is 0 Å². The van der Waals surface area contributed by atoms with E-state index in [-0.39, 0.29) is 0 Å². The van der Waals surface area contributed by atoms with Gasteiger partial charge in [0.05, 0.1) is 11.0 Å². The summed E-state index contributed by atoms with van der Waals surface area (Å²) in [7, 11) is 0. The molecule has 0 saturated heterocycles. The van der Waals surface area contributed by atoms with E-state index >= 15 is 0 Å². The van der Waals surface area contributed by atoms with Crippen LogP contribution in [0.15, 0.2) is 215 Å². The molecule has 13 aromatic rings. The Balaban J connectivity index is 1.00. The number of nitrogens with zero attached hydrogens (tertiary/aromatic N) is 4. The molecule has 0 N–H and O–H groups in total. The minimum Gasteiger partial charge on any atom is -0.456 e. The van der Waals surface area contributed by atoms with Crippen LogP contribution in [0.5, 0.6) is 0 Å². The Morgan fingerprint density at radius 3 is 1.79 bits per heavy atom. The summed E-state index contributed by atoms with van der Waals surface area (Å²) in [6.45, 7) is 0. The second kappa shape index (κ2) is 14.0. The predicted octanol–water partition coefficient (Wildman–Crippen LogP) is 15.1. The molecule has 0 atom stereocenters. The number of rotatable bonds is 6. The van der Waals surface area contributed by atoms with E-state index in [1.54, 1.807) is 0 Å². The number of furan rings is 2. The molecule has 9 aromatic carbocycles. The van der Waals surface area contributed by atoms with E-state index in [0.29, 0.717) is 17.5 Å². The molecule has 0 bridgehead atoms. The highest BCUT2D eigenvalue weighted by molar-refractivity contribution is 6.16. The molecule has 0 aliphatic rings. The van der Waals surface area contributed by atoms with Crippen molar-refractivity contribution in [2.24, 2.45) is 0 Å². The molecule has 63 heavy (non-hydrogen) atoms. The molecule has 0 aliphatic heterocycles. The van der Waals surface area contributed by atoms with Gasteiger partial charge in [-0.3, -0.25) is 0 Å². The van der Waals surface area contributed by atoms with Crippen molar-refractivity contribution in [3.63, 3.8) is 0 Å². The number of hydrogen-bond acceptors (Lipinski definition) is 5. The Kier molecular flexibility index (Phi) is 7.80. The molecule has 6 nitrogen and oxygen atoms in total. The summed E-state index contributed by atoms with van der Waals surface area (Å²) in [5.41, 5.74) is 13.6. The Hall–Kier alpha value is -8.61. The monoisotopic (exact) mass is 806 g/mol. The zero-order valence-corrected chi connectivity index (χ0v) is 33.7. The first kappa shape index (κ1) is 35.2. The fraction of sp³-hybridized carbons (Fsp3) is 0. The van der Waals surface area contributed by atoms with Gasteiger partial charge in [0.25, 0.3) is 0 Å². The van der Waals surface area contributed by atoms with Gasteiger partial charge in [-0.05, 0) is 59.7 Å². The smallest absolute Gasteiger partial charge is 0.164 e. The van der Waals surface area contributed by atoms with Crippen molar-refractivity contribution < 1.29 is 8.83 Å². The number of fused-ring (bicyclic) bond motifs is 9. The maximum absolute atomic E-state index is 6.66. The average molecular weight is 807 g/mol. The lowest BCUT2D eigenvalue weighted by Gasteiger charge is -2.12. The normalized spacial score (nSPS) is 11.8. The highest BCUT2D eigenvalue weighted by Gasteiger charge is 2.21. The first-order valence-electron chi connectivity index (χ1n) is 21.1. The topological polar surface area (TPSA) is 69.9 Å². The molecule has 0 unspecified atom stereocenters. The molecule has 4 heterocycles. The van der Waals surface area contributed by atoms with Crippen molar-refractivity contribution in [1.82, 2.24) is 19.5 Å². The quantitative estimate of drug-likeness (QED) is 0.167. The molecule has 0 saturated carbocycles. The van der Waals surface area contributed by atoms with E-state index in [1.807, 2.05) is 54.6 Å². The van der Waals surface area contributed by atoms with Crippen LogP contribution in [0.1, 0.15) is 0 Å². The minimum absolute atomic E-state index is 0.551. The molecular formula is C57H34N4O2. The highest BCUT2D eigenvalue weighted by Crippen LogP contribution is 2.43. The van der Waals surface area contributed by atoms with Gasteiger partial charge in [0.2, 0.25) is 0 Å². The lowest BCUT2D eigenvalue weighted by atomic mass is 9.98. The largest absolute Gasteiger partial charge is 0.456 e. The summed E-state index contributed by atoms with van der Waals surface area (Å²) >= 11 is 0. The first-order chi connectivity index (χ1) is 31.2. The maximum atomic E-state index is 6.66. The van der Waals surface area contributed by atoms with E-state index in [0.717, 1.165) is 94.0 Å². The second-order valence-corrected chi connectivity index (χ2v) is 15.9. The zero-order valence-electron chi connectivity index (χ0n) is 33.7. The van der Waals surface area contributed by atoms with Crippen LogP contribution in [-0.2, 0) is 0 Å². The second-order valence-electron chi connectivity index (χ2n) is 15.9. The molecule has 4 aromatic heterocycles. The van der Waals surface area contributed by atoms with Gasteiger partial charge >= 0.3 is 0 Å². The lowest BCUT2D eigenvalue weighted by molar-refractivity contribution is 0.669. The number of hydrogen-bond donors (Lipinski definition) is 0. The molecular weight excluding hydrogens is 773 g/mol. The standard InChI is InChI=1S/C57H34N4O2/c1-4-15-35(16-5-1)41-23-13-25-45-43-31-29-38(34-51(43)63-54(41)45)56-58-55(36-17-6-2-7-18-36)59-57(60-56)46-26-14-28-50-52(46)47-33-37(30-32-49(47)62-50)40-22-12-24-44-42-21-10-11-27-48(42)61(53(40)44)39-19-8-3-9-20-39/h1-34H. The van der Waals surface area contributed by atoms with Crippen LogP contribution in [0, 0.1) is 0 Å². The fourth-order valence-electron chi connectivity index (χ4n) is 9.40. The van der Waals surface area contributed by atoms with Crippen LogP contribution in [0.25, 0.3) is 128 Å². The average Bonchev–Trinajstić information content (AvgIpc) is 4.04. The Labute approximate surface area is 361 Å². The van der Waals surface area contributed by atoms with E-state index in [4.69, 9.17) is 23.8 Å². The van der Waals surface area contributed by atoms with Gasteiger partial charge in [0, 0.05) is 65.8 Å². The molecule has 294 valence electrons. The van der Waals surface area contributed by atoms with Crippen molar-refractivity contribution in [3.8, 4) is 62.1 Å². The summed E-state index contributed by atoms with van der Waals surface area (Å²) in [6.07, 6.45) is 0. The Morgan fingerprint density at radius 1 is 0.333 bits per heavy atom. The van der Waals surface area contributed by atoms with Gasteiger partial charge < -0.3 is 13.4 Å². The van der Waals surface area contributed by atoms with Crippen molar-refractivity contribution in [2.75, 3.05) is 0 Å². The van der Waals surface area contributed by atoms with Crippen LogP contribution in [-0.4, -0.2) is 19.5 Å². The van der Waals surface area contributed by atoms with Gasteiger partial charge in [-0.1, -0.05) is 158 Å². The molecule has 0 amide bonds. The van der Waals surface area contributed by atoms with E-state index in [2.05, 4.69) is 156 Å². The molecule has 0 radical (unpaired) electrons. The van der Waals surface area contributed by atoms with E-state index < -0.39 is 0 Å². The van der Waals surface area contributed by atoms with Gasteiger partial charge in [-0.25, -0.2) is 15.0 Å². The van der Waals surface area contributed by atoms with Crippen LogP contribution in [0.3, 0.4) is 0 Å². The third-order valence-corrected chi connectivity index (χ3v) is 12.3. The maximum Gasteiger partial charge on any atom is 0.164 e. The Bertz CT molecular complexity index is 3900. The van der Waals surface area contributed by atoms with Gasteiger partial charge in [0.15, 0.2) is 17.5 Å². The van der Waals surface area contributed by atoms with Gasteiger partial charge in [-0.2, -0.15) is 0 Å². The lowest BCUT2D eigenvalue weighted by Crippen LogP contribution is -2.00. The molecule has 0 fully saturated rings. The van der Waals surface area contributed by atoms with Crippen molar-refractivity contribution in [2.45, 2.75) is 0 Å². The van der Waals surface area contributed by atoms with Crippen molar-refractivity contribution in [3.05, 3.63) is 206 Å². The summed E-state index contributed by atoms with van der Waals surface area (Å²) in [6, 6.07) is 71.5. The van der Waals surface area contributed by atoms with Crippen LogP contribution in [0.4, 0.5) is 0 Å². The summed E-state index contributed by atoms with van der Waals surface area (Å²) in [5, 5.41) is 6.45. The summed E-state index contributed by atoms with van der Waals surface area (Å²) < 4.78 is 15.6. The summed E-state index contributed by atoms with van der Waals surface area (Å²) in [4.78, 5) is 15.5. The minimum atomic E-state index is 0.551. The third kappa shape index (κ3) is 5.62. The molecule has 0 aliphatic carbocycles. The fourth-order valence-corrected chi connectivity index (χ4v) is 9.40. The number of aromatic nitrogens is 4. The molecule has 0 spiro atoms. The zero-order chi connectivity index (χ0) is 41.4. The van der Waals surface area contributed by atoms with E-state index in [9.17, 15) is 0 Å². The third-order valence-electron chi connectivity index (χ3n) is 12.3. The van der Waals surface area contributed by atoms with Gasteiger partial charge in [0.1, 0.15) is 22.3 Å². The SMILES string of the molecule is c1ccc(-c2nc(-c3ccc4c(c3)oc3c(-c5ccccc5)cccc34)nc(-c3cccc4oc5ccc(-c6cccc7c8ccccc8n(-c8ccccc8)c67)cc5c34)n2)cc1. The van der Waals surface area contributed by atoms with Crippen molar-refractivity contribution >= 4 is 65.7 Å². The predicted molar refractivity (Wildman–Crippen MR) is 256 cm³/mol. The van der Waals surface area contributed by atoms with Crippen LogP contribution >= 0.6 is 0 Å². The van der Waals surface area contributed by atoms with Crippen LogP contribution in [0.2, 0.25) is 0 Å². The Morgan fingerprint density at radius 2 is 0.968 bits per heavy atom. The first-order valence-corrected chi connectivity index (χ1v) is 21.1. The molecule has 13 rings (SSSR count).